The van der Waals surface area contributed by atoms with Gasteiger partial charge in [-0.2, -0.15) is 0 Å². The van der Waals surface area contributed by atoms with Crippen LogP contribution in [0.15, 0.2) is 27.0 Å². The summed E-state index contributed by atoms with van der Waals surface area (Å²) in [6.07, 6.45) is 0. The van der Waals surface area contributed by atoms with Crippen LogP contribution in [0.3, 0.4) is 0 Å². The predicted molar refractivity (Wildman–Crippen MR) is 73.0 cm³/mol. The van der Waals surface area contributed by atoms with Gasteiger partial charge in [0, 0.05) is 24.1 Å². The van der Waals surface area contributed by atoms with Gasteiger partial charge >= 0.3 is 11.7 Å². The Morgan fingerprint density at radius 1 is 1.57 bits per heavy atom. The van der Waals surface area contributed by atoms with E-state index >= 15 is 0 Å². The average molecular weight is 331 g/mol. The molecule has 0 unspecified atom stereocenters. The van der Waals surface area contributed by atoms with E-state index in [0.717, 1.165) is 28.5 Å². The Hall–Kier alpha value is -2.33. The largest absolute Gasteiger partial charge is 0.478 e. The summed E-state index contributed by atoms with van der Waals surface area (Å²) in [6.45, 7) is 0. The topological polar surface area (TPSA) is 131 Å². The van der Waals surface area contributed by atoms with E-state index in [1.807, 2.05) is 0 Å². The zero-order valence-corrected chi connectivity index (χ0v) is 11.9. The Morgan fingerprint density at radius 3 is 2.71 bits per heavy atom. The number of carbonyl (C=O) groups is 1. The van der Waals surface area contributed by atoms with Crippen LogP contribution in [0.5, 0.6) is 0 Å². The molecule has 0 aliphatic rings. The maximum Gasteiger partial charge on any atom is 0.343 e. The van der Waals surface area contributed by atoms with E-state index in [2.05, 4.69) is 10.2 Å². The number of nitrogens with one attached hydrogen (secondary N) is 1. The molecule has 1 aromatic heterocycles. The Bertz CT molecular complexity index is 799. The number of carboxylic acid groups (broad SMARTS) is 1. The standard InChI is InChI=1S/C10H7ClN4O5S/c1-14-9(18)12-13-10(14)21-7-5(8(16)17)2-4(15(19)20)3-6(7)11/h2-3H,1H3,(H,12,18)(H,16,17). The molecule has 0 atom stereocenters. The summed E-state index contributed by atoms with van der Waals surface area (Å²) in [5, 5.41) is 25.9. The zero-order valence-electron chi connectivity index (χ0n) is 10.4. The van der Waals surface area contributed by atoms with Gasteiger partial charge in [0.2, 0.25) is 0 Å². The number of aromatic amines is 1. The lowest BCUT2D eigenvalue weighted by Gasteiger charge is -2.07. The van der Waals surface area contributed by atoms with Crippen molar-refractivity contribution in [3.8, 4) is 0 Å². The summed E-state index contributed by atoms with van der Waals surface area (Å²) in [5.41, 5.74) is -1.25. The number of benzene rings is 1. The summed E-state index contributed by atoms with van der Waals surface area (Å²) >= 11 is 6.74. The van der Waals surface area contributed by atoms with E-state index in [4.69, 9.17) is 16.7 Å². The van der Waals surface area contributed by atoms with E-state index in [-0.39, 0.29) is 20.6 Å². The molecule has 110 valence electrons. The fourth-order valence-corrected chi connectivity index (χ4v) is 2.70. The van der Waals surface area contributed by atoms with Crippen LogP contribution in [0.25, 0.3) is 0 Å². The first-order valence-corrected chi connectivity index (χ1v) is 6.51. The normalized spacial score (nSPS) is 10.6. The number of hydrogen-bond acceptors (Lipinski definition) is 6. The van der Waals surface area contributed by atoms with Gasteiger partial charge in [0.05, 0.1) is 15.5 Å². The third kappa shape index (κ3) is 2.90. The third-order valence-corrected chi connectivity index (χ3v) is 4.10. The number of nitro benzene ring substituents is 1. The monoisotopic (exact) mass is 330 g/mol. The zero-order chi connectivity index (χ0) is 15.7. The number of aromatic nitrogens is 3. The van der Waals surface area contributed by atoms with Crippen LogP contribution in [-0.2, 0) is 7.05 Å². The molecule has 0 radical (unpaired) electrons. The molecule has 1 aromatic carbocycles. The molecule has 21 heavy (non-hydrogen) atoms. The molecule has 2 aromatic rings. The van der Waals surface area contributed by atoms with E-state index in [9.17, 15) is 19.7 Å². The number of nitro groups is 1. The molecule has 1 heterocycles. The van der Waals surface area contributed by atoms with Crippen molar-refractivity contribution in [3.05, 3.63) is 43.3 Å². The number of nitrogens with zero attached hydrogens (tertiary/aromatic N) is 3. The van der Waals surface area contributed by atoms with Crippen LogP contribution >= 0.6 is 23.4 Å². The molecule has 0 aliphatic heterocycles. The highest BCUT2D eigenvalue weighted by atomic mass is 35.5. The Morgan fingerprint density at radius 2 is 2.24 bits per heavy atom. The van der Waals surface area contributed by atoms with E-state index in [0.29, 0.717) is 0 Å². The molecule has 0 aliphatic carbocycles. The summed E-state index contributed by atoms with van der Waals surface area (Å²) in [7, 11) is 1.44. The SMILES string of the molecule is Cn1c(Sc2c(Cl)cc([N+](=O)[O-])cc2C(=O)O)n[nH]c1=O. The highest BCUT2D eigenvalue weighted by Gasteiger charge is 2.22. The van der Waals surface area contributed by atoms with Gasteiger partial charge in [-0.3, -0.25) is 14.7 Å². The van der Waals surface area contributed by atoms with Gasteiger partial charge < -0.3 is 5.11 Å². The van der Waals surface area contributed by atoms with E-state index in [1.54, 1.807) is 0 Å². The smallest absolute Gasteiger partial charge is 0.343 e. The highest BCUT2D eigenvalue weighted by Crippen LogP contribution is 2.37. The maximum absolute atomic E-state index is 11.3. The van der Waals surface area contributed by atoms with Gasteiger partial charge in [-0.25, -0.2) is 14.7 Å². The highest BCUT2D eigenvalue weighted by molar-refractivity contribution is 7.99. The molecule has 0 bridgehead atoms. The summed E-state index contributed by atoms with van der Waals surface area (Å²) in [6, 6.07) is 1.95. The summed E-state index contributed by atoms with van der Waals surface area (Å²) in [4.78, 5) is 32.6. The molecule has 0 amide bonds. The first-order chi connectivity index (χ1) is 9.81. The Balaban J connectivity index is 2.57. The number of aromatic carboxylic acids is 1. The number of H-pyrrole nitrogens is 1. The maximum atomic E-state index is 11.3. The number of rotatable bonds is 4. The summed E-state index contributed by atoms with van der Waals surface area (Å²) < 4.78 is 1.16. The van der Waals surface area contributed by atoms with Crippen LogP contribution in [0.2, 0.25) is 5.02 Å². The number of halogens is 1. The molecule has 2 rings (SSSR count). The van der Waals surface area contributed by atoms with Crippen LogP contribution in [0.1, 0.15) is 10.4 Å². The molecule has 2 N–H and O–H groups in total. The van der Waals surface area contributed by atoms with Gasteiger partial charge in [-0.1, -0.05) is 11.6 Å². The lowest BCUT2D eigenvalue weighted by atomic mass is 10.2. The first kappa shape index (κ1) is 15.1. The van der Waals surface area contributed by atoms with Crippen molar-refractivity contribution in [1.29, 1.82) is 0 Å². The molecule has 0 saturated heterocycles. The second kappa shape index (κ2) is 5.58. The minimum Gasteiger partial charge on any atom is -0.478 e. The second-order valence-corrected chi connectivity index (χ2v) is 5.22. The number of non-ortho nitro benzene ring substituents is 1. The lowest BCUT2D eigenvalue weighted by Crippen LogP contribution is -2.13. The number of hydrogen-bond donors (Lipinski definition) is 2. The van der Waals surface area contributed by atoms with Gasteiger partial charge in [0.15, 0.2) is 5.16 Å². The minimum absolute atomic E-state index is 0.0665. The first-order valence-electron chi connectivity index (χ1n) is 5.31. The van der Waals surface area contributed by atoms with Crippen molar-refractivity contribution < 1.29 is 14.8 Å². The molecule has 9 nitrogen and oxygen atoms in total. The fourth-order valence-electron chi connectivity index (χ4n) is 1.46. The molecular formula is C10H7ClN4O5S. The van der Waals surface area contributed by atoms with Crippen LogP contribution in [-0.4, -0.2) is 30.8 Å². The third-order valence-electron chi connectivity index (χ3n) is 2.50. The Kier molecular flexibility index (Phi) is 4.00. The van der Waals surface area contributed by atoms with Crippen molar-refractivity contribution >= 4 is 35.0 Å². The molecule has 0 spiro atoms. The number of carboxylic acids is 1. The van der Waals surface area contributed by atoms with Gasteiger partial charge in [0.25, 0.3) is 5.69 Å². The van der Waals surface area contributed by atoms with Crippen molar-refractivity contribution in [2.75, 3.05) is 0 Å². The minimum atomic E-state index is -1.37. The van der Waals surface area contributed by atoms with Crippen molar-refractivity contribution in [2.24, 2.45) is 7.05 Å². The fraction of sp³-hybridized carbons (Fsp3) is 0.100. The van der Waals surface area contributed by atoms with Crippen molar-refractivity contribution in [3.63, 3.8) is 0 Å². The molecule has 11 heteroatoms. The quantitative estimate of drug-likeness (QED) is 0.641. The molecular weight excluding hydrogens is 324 g/mol. The molecule has 0 saturated carbocycles. The Labute approximate surface area is 125 Å². The van der Waals surface area contributed by atoms with Crippen LogP contribution < -0.4 is 5.69 Å². The second-order valence-electron chi connectivity index (χ2n) is 3.84. The van der Waals surface area contributed by atoms with E-state index in [1.165, 1.54) is 7.05 Å². The van der Waals surface area contributed by atoms with Gasteiger partial charge in [0.1, 0.15) is 0 Å². The lowest BCUT2D eigenvalue weighted by molar-refractivity contribution is -0.384. The van der Waals surface area contributed by atoms with Crippen LogP contribution in [0, 0.1) is 10.1 Å². The summed E-state index contributed by atoms with van der Waals surface area (Å²) in [5.74, 6) is -1.37. The van der Waals surface area contributed by atoms with Gasteiger partial charge in [-0.05, 0) is 11.8 Å². The van der Waals surface area contributed by atoms with Gasteiger partial charge in [-0.15, -0.1) is 5.10 Å². The molecule has 0 fully saturated rings. The average Bonchev–Trinajstić information content (AvgIpc) is 2.72. The van der Waals surface area contributed by atoms with Crippen LogP contribution in [0.4, 0.5) is 5.69 Å². The predicted octanol–water partition coefficient (Wildman–Crippen LogP) is 1.52. The van der Waals surface area contributed by atoms with Crippen molar-refractivity contribution in [2.45, 2.75) is 10.1 Å². The van der Waals surface area contributed by atoms with E-state index < -0.39 is 22.3 Å². The van der Waals surface area contributed by atoms with Crippen molar-refractivity contribution in [1.82, 2.24) is 14.8 Å².